The second kappa shape index (κ2) is 11.1. The topological polar surface area (TPSA) is 79.8 Å². The zero-order valence-electron chi connectivity index (χ0n) is 15.7. The van der Waals surface area contributed by atoms with Crippen molar-refractivity contribution in [3.05, 3.63) is 59.7 Å². The number of ether oxygens (including phenoxy) is 1. The Bertz CT molecular complexity index is 836. The Hall–Kier alpha value is -1.81. The summed E-state index contributed by atoms with van der Waals surface area (Å²) < 4.78 is 28.1. The number of hydrogen-bond donors (Lipinski definition) is 2. The Labute approximate surface area is 178 Å². The molecule has 0 heterocycles. The fraction of sp³-hybridized carbons (Fsp3) is 0.316. The molecule has 2 aromatic carbocycles. The van der Waals surface area contributed by atoms with Crippen LogP contribution in [0.3, 0.4) is 0 Å². The van der Waals surface area contributed by atoms with E-state index in [0.717, 1.165) is 23.3 Å². The first-order valence-electron chi connectivity index (χ1n) is 8.29. The molecule has 0 aromatic heterocycles. The molecule has 0 spiro atoms. The molecular weight excluding hydrogens is 477 g/mol. The number of nitrogens with zero attached hydrogens (tertiary/aromatic N) is 1. The third-order valence-electron chi connectivity index (χ3n) is 3.90. The van der Waals surface area contributed by atoms with Crippen molar-refractivity contribution in [3.8, 4) is 5.75 Å². The second-order valence-electron chi connectivity index (χ2n) is 5.87. The molecule has 0 bridgehead atoms. The van der Waals surface area contributed by atoms with E-state index < -0.39 is 9.84 Å². The Morgan fingerprint density at radius 2 is 1.59 bits per heavy atom. The number of guanidine groups is 1. The van der Waals surface area contributed by atoms with Crippen LogP contribution in [0.2, 0.25) is 0 Å². The van der Waals surface area contributed by atoms with Crippen LogP contribution in [0.25, 0.3) is 0 Å². The number of methoxy groups -OCH3 is 1. The summed E-state index contributed by atoms with van der Waals surface area (Å²) in [6.07, 6.45) is 1.98. The molecule has 0 amide bonds. The van der Waals surface area contributed by atoms with E-state index >= 15 is 0 Å². The van der Waals surface area contributed by atoms with Gasteiger partial charge in [-0.3, -0.25) is 4.99 Å². The van der Waals surface area contributed by atoms with Crippen molar-refractivity contribution in [2.24, 2.45) is 4.99 Å². The highest BCUT2D eigenvalue weighted by Gasteiger charge is 2.06. The van der Waals surface area contributed by atoms with Gasteiger partial charge in [0.1, 0.15) is 5.75 Å². The first-order chi connectivity index (χ1) is 12.4. The molecule has 0 aliphatic heterocycles. The van der Waals surface area contributed by atoms with Crippen molar-refractivity contribution < 1.29 is 13.2 Å². The Morgan fingerprint density at radius 1 is 1.00 bits per heavy atom. The van der Waals surface area contributed by atoms with Crippen molar-refractivity contribution in [3.63, 3.8) is 0 Å². The second-order valence-corrected chi connectivity index (χ2v) is 7.88. The monoisotopic (exact) mass is 503 g/mol. The average molecular weight is 503 g/mol. The minimum Gasteiger partial charge on any atom is -0.497 e. The van der Waals surface area contributed by atoms with Gasteiger partial charge in [0.2, 0.25) is 0 Å². The number of benzene rings is 2. The van der Waals surface area contributed by atoms with Crippen molar-refractivity contribution in [2.45, 2.75) is 17.9 Å². The van der Waals surface area contributed by atoms with Crippen LogP contribution in [0.4, 0.5) is 0 Å². The fourth-order valence-electron chi connectivity index (χ4n) is 2.38. The van der Waals surface area contributed by atoms with Crippen LogP contribution < -0.4 is 15.4 Å². The highest BCUT2D eigenvalue weighted by atomic mass is 127. The lowest BCUT2D eigenvalue weighted by Crippen LogP contribution is -2.37. The molecule has 0 atom stereocenters. The molecule has 8 heteroatoms. The highest BCUT2D eigenvalue weighted by Crippen LogP contribution is 2.11. The molecule has 0 aliphatic carbocycles. The number of hydrogen-bond acceptors (Lipinski definition) is 4. The van der Waals surface area contributed by atoms with E-state index in [9.17, 15) is 8.42 Å². The number of sulfone groups is 1. The first kappa shape index (κ1) is 23.2. The third kappa shape index (κ3) is 7.76. The molecule has 148 valence electrons. The SMILES string of the molecule is CN=C(NCCc1ccc(S(C)(=O)=O)cc1)NCc1ccc(OC)cc1.I. The molecule has 27 heavy (non-hydrogen) atoms. The molecule has 2 rings (SSSR count). The number of aliphatic imine (C=N–C) groups is 1. The summed E-state index contributed by atoms with van der Waals surface area (Å²) >= 11 is 0. The van der Waals surface area contributed by atoms with Crippen LogP contribution in [0.1, 0.15) is 11.1 Å². The summed E-state index contributed by atoms with van der Waals surface area (Å²) in [4.78, 5) is 4.54. The predicted octanol–water partition coefficient (Wildman–Crippen LogP) is 2.62. The zero-order valence-corrected chi connectivity index (χ0v) is 18.9. The van der Waals surface area contributed by atoms with Gasteiger partial charge in [0, 0.05) is 26.4 Å². The van der Waals surface area contributed by atoms with Gasteiger partial charge in [-0.05, 0) is 41.8 Å². The third-order valence-corrected chi connectivity index (χ3v) is 5.03. The van der Waals surface area contributed by atoms with Gasteiger partial charge in [-0.2, -0.15) is 0 Å². The summed E-state index contributed by atoms with van der Waals surface area (Å²) in [6.45, 7) is 1.35. The summed E-state index contributed by atoms with van der Waals surface area (Å²) in [5.41, 5.74) is 2.20. The standard InChI is InChI=1S/C19H25N3O3S.HI/c1-20-19(22-14-16-4-8-17(25-2)9-5-16)21-13-12-15-6-10-18(11-7-15)26(3,23)24;/h4-11H,12-14H2,1-3H3,(H2,20,21,22);1H. The van der Waals surface area contributed by atoms with E-state index in [2.05, 4.69) is 15.6 Å². The minimum atomic E-state index is -3.15. The van der Waals surface area contributed by atoms with Crippen LogP contribution in [0, 0.1) is 0 Å². The fourth-order valence-corrected chi connectivity index (χ4v) is 3.01. The van der Waals surface area contributed by atoms with E-state index in [1.165, 1.54) is 6.26 Å². The molecular formula is C19H26IN3O3S. The number of rotatable bonds is 7. The maximum Gasteiger partial charge on any atom is 0.191 e. The van der Waals surface area contributed by atoms with Crippen molar-refractivity contribution in [1.29, 1.82) is 0 Å². The van der Waals surface area contributed by atoms with Crippen molar-refractivity contribution in [1.82, 2.24) is 10.6 Å². The lowest BCUT2D eigenvalue weighted by Gasteiger charge is -2.12. The molecule has 2 N–H and O–H groups in total. The molecule has 0 unspecified atom stereocenters. The molecule has 0 fully saturated rings. The van der Waals surface area contributed by atoms with E-state index in [1.807, 2.05) is 36.4 Å². The average Bonchev–Trinajstić information content (AvgIpc) is 2.64. The van der Waals surface area contributed by atoms with Gasteiger partial charge >= 0.3 is 0 Å². The molecule has 0 saturated heterocycles. The van der Waals surface area contributed by atoms with Gasteiger partial charge in [-0.25, -0.2) is 8.42 Å². The number of nitrogens with one attached hydrogen (secondary N) is 2. The molecule has 0 radical (unpaired) electrons. The van der Waals surface area contributed by atoms with Gasteiger partial charge in [0.15, 0.2) is 15.8 Å². The smallest absolute Gasteiger partial charge is 0.191 e. The van der Waals surface area contributed by atoms with Gasteiger partial charge in [0.05, 0.1) is 12.0 Å². The van der Waals surface area contributed by atoms with Crippen molar-refractivity contribution >= 4 is 39.8 Å². The maximum atomic E-state index is 11.5. The Balaban J connectivity index is 0.00000364. The maximum absolute atomic E-state index is 11.5. The van der Waals surface area contributed by atoms with Crippen LogP contribution in [0.15, 0.2) is 58.4 Å². The van der Waals surface area contributed by atoms with Gasteiger partial charge in [-0.15, -0.1) is 24.0 Å². The van der Waals surface area contributed by atoms with Gasteiger partial charge in [0.25, 0.3) is 0 Å². The summed E-state index contributed by atoms with van der Waals surface area (Å²) in [5.74, 6) is 1.55. The molecule has 6 nitrogen and oxygen atoms in total. The molecule has 0 saturated carbocycles. The van der Waals surface area contributed by atoms with E-state index in [1.54, 1.807) is 26.3 Å². The van der Waals surface area contributed by atoms with Crippen LogP contribution in [-0.4, -0.2) is 41.3 Å². The normalized spacial score (nSPS) is 11.4. The van der Waals surface area contributed by atoms with E-state index in [-0.39, 0.29) is 24.0 Å². The lowest BCUT2D eigenvalue weighted by molar-refractivity contribution is 0.414. The molecule has 2 aromatic rings. The van der Waals surface area contributed by atoms with E-state index in [0.29, 0.717) is 23.9 Å². The largest absolute Gasteiger partial charge is 0.497 e. The van der Waals surface area contributed by atoms with Gasteiger partial charge < -0.3 is 15.4 Å². The van der Waals surface area contributed by atoms with E-state index in [4.69, 9.17) is 4.74 Å². The Kier molecular flexibility index (Phi) is 9.57. The predicted molar refractivity (Wildman–Crippen MR) is 120 cm³/mol. The van der Waals surface area contributed by atoms with Crippen LogP contribution >= 0.6 is 24.0 Å². The quantitative estimate of drug-likeness (QED) is 0.345. The molecule has 0 aliphatic rings. The minimum absolute atomic E-state index is 0. The van der Waals surface area contributed by atoms with Crippen LogP contribution in [-0.2, 0) is 22.8 Å². The highest BCUT2D eigenvalue weighted by molar-refractivity contribution is 14.0. The number of halogens is 1. The summed E-state index contributed by atoms with van der Waals surface area (Å²) in [7, 11) is 0.225. The zero-order chi connectivity index (χ0) is 19.0. The Morgan fingerprint density at radius 3 is 2.11 bits per heavy atom. The van der Waals surface area contributed by atoms with Gasteiger partial charge in [-0.1, -0.05) is 24.3 Å². The van der Waals surface area contributed by atoms with Crippen molar-refractivity contribution in [2.75, 3.05) is 27.0 Å². The lowest BCUT2D eigenvalue weighted by atomic mass is 10.1. The first-order valence-corrected chi connectivity index (χ1v) is 10.2. The summed E-state index contributed by atoms with van der Waals surface area (Å²) in [5, 5.41) is 6.51. The van der Waals surface area contributed by atoms with Crippen LogP contribution in [0.5, 0.6) is 5.75 Å². The summed E-state index contributed by atoms with van der Waals surface area (Å²) in [6, 6.07) is 14.8.